The Morgan fingerprint density at radius 2 is 0.589 bits per heavy atom. The van der Waals surface area contributed by atoms with Crippen LogP contribution < -0.4 is 18.9 Å². The van der Waals surface area contributed by atoms with Crippen LogP contribution >= 0.6 is 0 Å². The summed E-state index contributed by atoms with van der Waals surface area (Å²) in [6.07, 6.45) is 42.8. The fraction of sp³-hybridized carbons (Fsp3) is 0.508. The lowest BCUT2D eigenvalue weighted by atomic mass is 10.0. The molecule has 0 radical (unpaired) electrons. The van der Waals surface area contributed by atoms with Gasteiger partial charge in [0, 0.05) is 23.3 Å². The van der Waals surface area contributed by atoms with Gasteiger partial charge < -0.3 is 18.9 Å². The van der Waals surface area contributed by atoms with E-state index in [4.69, 9.17) is 18.9 Å². The minimum atomic E-state index is -0.557. The molecule has 0 aromatic heterocycles. The molecular weight excluding hydrogens is 909 g/mol. The average molecular weight is 997 g/mol. The van der Waals surface area contributed by atoms with Gasteiger partial charge in [-0.25, -0.2) is 9.59 Å². The van der Waals surface area contributed by atoms with E-state index in [2.05, 4.69) is 13.8 Å². The monoisotopic (exact) mass is 997 g/mol. The molecule has 0 heterocycles. The number of hydrogen-bond acceptors (Lipinski definition) is 8. The van der Waals surface area contributed by atoms with Crippen LogP contribution in [0, 0.1) is 0 Å². The Hall–Kier alpha value is -5.76. The molecule has 4 aromatic rings. The molecule has 4 rings (SSSR count). The van der Waals surface area contributed by atoms with Crippen LogP contribution in [0.4, 0.5) is 0 Å². The highest BCUT2D eigenvalue weighted by molar-refractivity contribution is 6.13. The van der Waals surface area contributed by atoms with E-state index in [0.29, 0.717) is 24.3 Å². The van der Waals surface area contributed by atoms with Crippen molar-refractivity contribution < 1.29 is 38.1 Å². The highest BCUT2D eigenvalue weighted by atomic mass is 16.5. The van der Waals surface area contributed by atoms with E-state index in [-0.39, 0.29) is 29.5 Å². The first kappa shape index (κ1) is 59.8. The molecule has 0 atom stereocenters. The Labute approximate surface area is 439 Å². The first-order valence-corrected chi connectivity index (χ1v) is 28.3. The zero-order valence-electron chi connectivity index (χ0n) is 44.7. The lowest BCUT2D eigenvalue weighted by molar-refractivity contribution is -0.129. The molecule has 0 bridgehead atoms. The molecule has 0 unspecified atom stereocenters. The number of benzene rings is 4. The smallest absolute Gasteiger partial charge is 0.336 e. The number of esters is 2. The van der Waals surface area contributed by atoms with Crippen LogP contribution in [0.2, 0.25) is 0 Å². The van der Waals surface area contributed by atoms with Gasteiger partial charge in [-0.1, -0.05) is 205 Å². The fourth-order valence-electron chi connectivity index (χ4n) is 8.72. The molecule has 0 aliphatic carbocycles. The van der Waals surface area contributed by atoms with Gasteiger partial charge in [-0.15, -0.1) is 0 Å². The molecule has 0 amide bonds. The Kier molecular flexibility index (Phi) is 31.8. The number of ether oxygens (including phenoxy) is 4. The van der Waals surface area contributed by atoms with Crippen molar-refractivity contribution in [1.29, 1.82) is 0 Å². The molecular formula is C65H88O8. The van der Waals surface area contributed by atoms with Crippen LogP contribution in [0.1, 0.15) is 232 Å². The number of ketones is 2. The van der Waals surface area contributed by atoms with Gasteiger partial charge in [-0.3, -0.25) is 9.59 Å². The third-order valence-corrected chi connectivity index (χ3v) is 13.2. The summed E-state index contributed by atoms with van der Waals surface area (Å²) in [6.45, 7) is 5.93. The minimum Gasteiger partial charge on any atom is -0.494 e. The Morgan fingerprint density at radius 1 is 0.329 bits per heavy atom. The summed E-state index contributed by atoms with van der Waals surface area (Å²) >= 11 is 0. The number of hydrogen-bond donors (Lipinski definition) is 0. The Bertz CT molecular complexity index is 2000. The van der Waals surface area contributed by atoms with Crippen LogP contribution in [0.5, 0.6) is 23.0 Å². The van der Waals surface area contributed by atoms with Crippen LogP contribution in [-0.2, 0) is 9.59 Å². The fourth-order valence-corrected chi connectivity index (χ4v) is 8.72. The first-order valence-electron chi connectivity index (χ1n) is 28.3. The zero-order valence-corrected chi connectivity index (χ0v) is 44.7. The summed E-state index contributed by atoms with van der Waals surface area (Å²) in [5, 5.41) is 0. The van der Waals surface area contributed by atoms with E-state index < -0.39 is 11.9 Å². The predicted molar refractivity (Wildman–Crippen MR) is 300 cm³/mol. The van der Waals surface area contributed by atoms with Crippen molar-refractivity contribution in [2.24, 2.45) is 0 Å². The average Bonchev–Trinajstić information content (AvgIpc) is 3.40. The summed E-state index contributed by atoms with van der Waals surface area (Å²) < 4.78 is 22.7. The zero-order chi connectivity index (χ0) is 51.8. The van der Waals surface area contributed by atoms with Crippen molar-refractivity contribution in [2.75, 3.05) is 13.2 Å². The highest BCUT2D eigenvalue weighted by Crippen LogP contribution is 2.21. The molecule has 0 fully saturated rings. The maximum Gasteiger partial charge on any atom is 0.336 e. The molecule has 8 heteroatoms. The van der Waals surface area contributed by atoms with Crippen LogP contribution in [0.25, 0.3) is 12.2 Å². The lowest BCUT2D eigenvalue weighted by Crippen LogP contribution is -2.09. The number of carbonyl (C=O) groups excluding carboxylic acids is 4. The van der Waals surface area contributed by atoms with E-state index in [1.807, 2.05) is 48.5 Å². The van der Waals surface area contributed by atoms with Crippen molar-refractivity contribution in [3.8, 4) is 23.0 Å². The predicted octanol–water partition coefficient (Wildman–Crippen LogP) is 18.1. The summed E-state index contributed by atoms with van der Waals surface area (Å²) in [4.78, 5) is 51.0. The molecule has 0 aliphatic heterocycles. The van der Waals surface area contributed by atoms with Crippen molar-refractivity contribution in [3.05, 3.63) is 131 Å². The Morgan fingerprint density at radius 3 is 0.877 bits per heavy atom. The number of rotatable bonds is 42. The normalized spacial score (nSPS) is 11.3. The van der Waals surface area contributed by atoms with Gasteiger partial charge in [0.2, 0.25) is 0 Å². The highest BCUT2D eigenvalue weighted by Gasteiger charge is 2.15. The number of carbonyl (C=O) groups is 4. The molecule has 0 N–H and O–H groups in total. The third kappa shape index (κ3) is 28.3. The third-order valence-electron chi connectivity index (χ3n) is 13.2. The summed E-state index contributed by atoms with van der Waals surface area (Å²) in [6, 6.07) is 27.4. The summed E-state index contributed by atoms with van der Waals surface area (Å²) in [5.41, 5.74) is 2.30. The SMILES string of the molecule is CCCCCCCCCCCCCCCCOc1ccc(/C=C/C(=O)Oc2ccc(C(=O)CC(=O)c3ccc(OC(=O)/C=C/c4ccc(OCCCCCCCCCCCCCCCC)cc4)cc3)cc2)cc1. The quantitative estimate of drug-likeness (QED) is 0.0108. The van der Waals surface area contributed by atoms with Crippen molar-refractivity contribution in [1.82, 2.24) is 0 Å². The van der Waals surface area contributed by atoms with Gasteiger partial charge in [0.1, 0.15) is 23.0 Å². The second-order valence-electron chi connectivity index (χ2n) is 19.6. The topological polar surface area (TPSA) is 105 Å². The van der Waals surface area contributed by atoms with Crippen molar-refractivity contribution in [3.63, 3.8) is 0 Å². The van der Waals surface area contributed by atoms with Crippen LogP contribution in [0.15, 0.2) is 109 Å². The first-order chi connectivity index (χ1) is 35.8. The van der Waals surface area contributed by atoms with Crippen molar-refractivity contribution in [2.45, 2.75) is 200 Å². The standard InChI is InChI=1S/C65H88O8/c1-3-5-7-9-11-13-15-17-19-21-23-25-27-29-51-70-58-41-31-54(32-42-58)35-49-64(68)72-60-45-37-56(38-46-60)62(66)53-63(67)57-39-47-61(48-40-57)73-65(69)50-36-55-33-43-59(44-34-55)71-52-30-28-26-24-22-20-18-16-14-12-10-8-6-4-2/h31-50H,3-30,51-53H2,1-2H3/b49-35+,50-36+. The van der Waals surface area contributed by atoms with E-state index in [1.165, 1.54) is 228 Å². The van der Waals surface area contributed by atoms with E-state index >= 15 is 0 Å². The molecule has 0 saturated heterocycles. The number of unbranched alkanes of at least 4 members (excludes halogenated alkanes) is 26. The van der Waals surface area contributed by atoms with Crippen LogP contribution in [-0.4, -0.2) is 36.7 Å². The minimum absolute atomic E-state index is 0.276. The van der Waals surface area contributed by atoms with E-state index in [9.17, 15) is 19.2 Å². The molecule has 0 aliphatic rings. The van der Waals surface area contributed by atoms with Gasteiger partial charge in [0.05, 0.1) is 19.6 Å². The lowest BCUT2D eigenvalue weighted by Gasteiger charge is -2.07. The Balaban J connectivity index is 1.03. The van der Waals surface area contributed by atoms with E-state index in [0.717, 1.165) is 35.5 Å². The van der Waals surface area contributed by atoms with Gasteiger partial charge in [-0.05, 0) is 109 Å². The number of Topliss-reactive ketones (excluding diaryl/α,β-unsaturated/α-hetero) is 2. The molecule has 4 aromatic carbocycles. The van der Waals surface area contributed by atoms with Gasteiger partial charge >= 0.3 is 11.9 Å². The summed E-state index contributed by atoms with van der Waals surface area (Å²) in [7, 11) is 0. The molecule has 73 heavy (non-hydrogen) atoms. The van der Waals surface area contributed by atoms with Gasteiger partial charge in [0.15, 0.2) is 11.6 Å². The van der Waals surface area contributed by atoms with Crippen molar-refractivity contribution >= 4 is 35.7 Å². The maximum absolute atomic E-state index is 13.0. The van der Waals surface area contributed by atoms with Crippen LogP contribution in [0.3, 0.4) is 0 Å². The largest absolute Gasteiger partial charge is 0.494 e. The van der Waals surface area contributed by atoms with Gasteiger partial charge in [0.25, 0.3) is 0 Å². The second kappa shape index (κ2) is 38.8. The van der Waals surface area contributed by atoms with E-state index in [1.54, 1.807) is 12.2 Å². The summed E-state index contributed by atoms with van der Waals surface area (Å²) in [5.74, 6) is 0.298. The molecule has 8 nitrogen and oxygen atoms in total. The molecule has 396 valence electrons. The maximum atomic E-state index is 13.0. The molecule has 0 spiro atoms. The molecule has 0 saturated carbocycles. The second-order valence-corrected chi connectivity index (χ2v) is 19.6. The van der Waals surface area contributed by atoms with Gasteiger partial charge in [-0.2, -0.15) is 0 Å².